The molecule has 1 aromatic heterocycles. The van der Waals surface area contributed by atoms with Crippen molar-refractivity contribution in [3.63, 3.8) is 0 Å². The second-order valence-electron chi connectivity index (χ2n) is 6.65. The van der Waals surface area contributed by atoms with E-state index < -0.39 is 5.60 Å². The van der Waals surface area contributed by atoms with Gasteiger partial charge in [-0.25, -0.2) is 0 Å². The van der Waals surface area contributed by atoms with Gasteiger partial charge in [-0.2, -0.15) is 4.98 Å². The Labute approximate surface area is 122 Å². The number of nitrogens with zero attached hydrogens (tertiary/aromatic N) is 2. The van der Waals surface area contributed by atoms with Crippen molar-refractivity contribution in [2.75, 3.05) is 7.11 Å². The average molecular weight is 283 g/mol. The highest BCUT2D eigenvalue weighted by Crippen LogP contribution is 2.30. The smallest absolute Gasteiger partial charge is 0.228 e. The van der Waals surface area contributed by atoms with Crippen LogP contribution in [0.2, 0.25) is 0 Å². The average Bonchev–Trinajstić information content (AvgIpc) is 2.78. The minimum absolute atomic E-state index is 0.0310. The van der Waals surface area contributed by atoms with E-state index in [1.807, 2.05) is 0 Å². The molecule has 0 aliphatic rings. The molecule has 1 unspecified atom stereocenters. The molecule has 0 aromatic carbocycles. The minimum atomic E-state index is -0.449. The first-order valence-corrected chi connectivity index (χ1v) is 7.40. The quantitative estimate of drug-likeness (QED) is 0.832. The van der Waals surface area contributed by atoms with Crippen LogP contribution in [0.25, 0.3) is 0 Å². The van der Waals surface area contributed by atoms with E-state index in [0.29, 0.717) is 18.1 Å². The number of aromatic nitrogens is 2. The Hall–Kier alpha value is -0.940. The monoisotopic (exact) mass is 283 g/mol. The topological polar surface area (TPSA) is 74.2 Å². The van der Waals surface area contributed by atoms with Gasteiger partial charge in [-0.3, -0.25) is 0 Å². The van der Waals surface area contributed by atoms with Gasteiger partial charge in [0.05, 0.1) is 0 Å². The summed E-state index contributed by atoms with van der Waals surface area (Å²) in [5.41, 5.74) is 5.90. The van der Waals surface area contributed by atoms with E-state index in [9.17, 15) is 0 Å². The summed E-state index contributed by atoms with van der Waals surface area (Å²) in [5, 5.41) is 4.08. The summed E-state index contributed by atoms with van der Waals surface area (Å²) < 4.78 is 10.9. The second kappa shape index (κ2) is 6.68. The number of hydrogen-bond acceptors (Lipinski definition) is 5. The van der Waals surface area contributed by atoms with E-state index in [1.165, 1.54) is 0 Å². The highest BCUT2D eigenvalue weighted by Gasteiger charge is 2.33. The predicted molar refractivity (Wildman–Crippen MR) is 79.3 cm³/mol. The molecule has 1 aromatic rings. The Morgan fingerprint density at radius 2 is 1.85 bits per heavy atom. The summed E-state index contributed by atoms with van der Waals surface area (Å²) in [5.74, 6) is 1.23. The fourth-order valence-electron chi connectivity index (χ4n) is 2.55. The summed E-state index contributed by atoms with van der Waals surface area (Å²) in [7, 11) is 1.69. The van der Waals surface area contributed by atoms with Crippen molar-refractivity contribution in [2.24, 2.45) is 11.1 Å². The van der Waals surface area contributed by atoms with E-state index in [4.69, 9.17) is 15.0 Å². The third kappa shape index (κ3) is 4.28. The van der Waals surface area contributed by atoms with Crippen molar-refractivity contribution in [1.82, 2.24) is 10.1 Å². The first-order valence-electron chi connectivity index (χ1n) is 7.40. The zero-order valence-corrected chi connectivity index (χ0v) is 13.7. The Morgan fingerprint density at radius 3 is 2.30 bits per heavy atom. The molecule has 0 fully saturated rings. The molecular weight excluding hydrogens is 254 g/mol. The molecule has 5 nitrogen and oxygen atoms in total. The van der Waals surface area contributed by atoms with E-state index >= 15 is 0 Å². The van der Waals surface area contributed by atoms with Gasteiger partial charge in [0.2, 0.25) is 11.7 Å². The van der Waals surface area contributed by atoms with Crippen LogP contribution >= 0.6 is 0 Å². The lowest BCUT2D eigenvalue weighted by Crippen LogP contribution is -2.29. The maximum absolute atomic E-state index is 6.15. The molecule has 1 heterocycles. The van der Waals surface area contributed by atoms with Crippen LogP contribution < -0.4 is 5.73 Å². The summed E-state index contributed by atoms with van der Waals surface area (Å²) in [4.78, 5) is 4.48. The summed E-state index contributed by atoms with van der Waals surface area (Å²) in [6.07, 6.45) is 3.15. The number of nitrogens with two attached hydrogens (primary N) is 1. The molecule has 0 aliphatic heterocycles. The first-order chi connectivity index (χ1) is 9.26. The van der Waals surface area contributed by atoms with E-state index in [1.54, 1.807) is 7.11 Å². The van der Waals surface area contributed by atoms with Gasteiger partial charge in [-0.05, 0) is 24.7 Å². The predicted octanol–water partition coefficient (Wildman–Crippen LogP) is 3.04. The standard InChI is InChI=1S/C15H29N3O2/c1-7-15(8-2,19-6)13-17-12(20-18-13)9-11(16)10-14(3,4)5/h11H,7-10,16H2,1-6H3. The molecule has 0 bridgehead atoms. The van der Waals surface area contributed by atoms with Crippen molar-refractivity contribution in [3.8, 4) is 0 Å². The van der Waals surface area contributed by atoms with Crippen LogP contribution in [0.5, 0.6) is 0 Å². The summed E-state index contributed by atoms with van der Waals surface area (Å²) in [6.45, 7) is 10.7. The number of hydrogen-bond donors (Lipinski definition) is 1. The Bertz CT molecular complexity index is 397. The van der Waals surface area contributed by atoms with Gasteiger partial charge in [0.25, 0.3) is 0 Å². The maximum atomic E-state index is 6.15. The maximum Gasteiger partial charge on any atom is 0.228 e. The number of methoxy groups -OCH3 is 1. The zero-order valence-electron chi connectivity index (χ0n) is 13.7. The van der Waals surface area contributed by atoms with Crippen molar-refractivity contribution in [2.45, 2.75) is 71.9 Å². The van der Waals surface area contributed by atoms with Gasteiger partial charge >= 0.3 is 0 Å². The molecule has 0 aliphatic carbocycles. The molecule has 0 spiro atoms. The third-order valence-electron chi connectivity index (χ3n) is 3.72. The normalized spacial score (nSPS) is 14.6. The van der Waals surface area contributed by atoms with Crippen molar-refractivity contribution >= 4 is 0 Å². The van der Waals surface area contributed by atoms with Gasteiger partial charge in [0.1, 0.15) is 5.60 Å². The fourth-order valence-corrected chi connectivity index (χ4v) is 2.55. The van der Waals surface area contributed by atoms with Crippen LogP contribution in [-0.4, -0.2) is 23.3 Å². The fraction of sp³-hybridized carbons (Fsp3) is 0.867. The van der Waals surface area contributed by atoms with Gasteiger partial charge in [-0.1, -0.05) is 39.8 Å². The molecule has 116 valence electrons. The second-order valence-corrected chi connectivity index (χ2v) is 6.65. The van der Waals surface area contributed by atoms with Gasteiger partial charge in [0, 0.05) is 19.6 Å². The van der Waals surface area contributed by atoms with E-state index in [-0.39, 0.29) is 11.5 Å². The van der Waals surface area contributed by atoms with Crippen LogP contribution in [0.1, 0.15) is 65.6 Å². The van der Waals surface area contributed by atoms with Gasteiger partial charge in [0.15, 0.2) is 0 Å². The number of ether oxygens (including phenoxy) is 1. The highest BCUT2D eigenvalue weighted by molar-refractivity contribution is 5.01. The molecule has 0 amide bonds. The molecular formula is C15H29N3O2. The Morgan fingerprint density at radius 1 is 1.25 bits per heavy atom. The molecule has 20 heavy (non-hydrogen) atoms. The Kier molecular flexibility index (Phi) is 5.71. The molecule has 1 atom stereocenters. The van der Waals surface area contributed by atoms with Crippen LogP contribution in [0.3, 0.4) is 0 Å². The lowest BCUT2D eigenvalue weighted by atomic mass is 9.87. The van der Waals surface area contributed by atoms with Gasteiger partial charge in [-0.15, -0.1) is 0 Å². The van der Waals surface area contributed by atoms with Crippen molar-refractivity contribution in [3.05, 3.63) is 11.7 Å². The highest BCUT2D eigenvalue weighted by atomic mass is 16.5. The third-order valence-corrected chi connectivity index (χ3v) is 3.72. The molecule has 0 saturated carbocycles. The van der Waals surface area contributed by atoms with E-state index in [2.05, 4.69) is 44.8 Å². The SMILES string of the molecule is CCC(CC)(OC)c1noc(CC(N)CC(C)(C)C)n1. The number of rotatable bonds is 7. The van der Waals surface area contributed by atoms with Crippen molar-refractivity contribution in [1.29, 1.82) is 0 Å². The summed E-state index contributed by atoms with van der Waals surface area (Å²) in [6, 6.07) is 0.0310. The van der Waals surface area contributed by atoms with E-state index in [0.717, 1.165) is 19.3 Å². The first kappa shape index (κ1) is 17.1. The Balaban J connectivity index is 2.77. The molecule has 1 rings (SSSR count). The van der Waals surface area contributed by atoms with Crippen LogP contribution in [0.15, 0.2) is 4.52 Å². The van der Waals surface area contributed by atoms with Crippen LogP contribution in [-0.2, 0) is 16.8 Å². The zero-order chi connectivity index (χ0) is 15.4. The van der Waals surface area contributed by atoms with Crippen molar-refractivity contribution < 1.29 is 9.26 Å². The molecule has 5 heteroatoms. The lowest BCUT2D eigenvalue weighted by molar-refractivity contribution is -0.0306. The van der Waals surface area contributed by atoms with Crippen LogP contribution in [0.4, 0.5) is 0 Å². The molecule has 0 saturated heterocycles. The molecule has 2 N–H and O–H groups in total. The van der Waals surface area contributed by atoms with Gasteiger partial charge < -0.3 is 15.0 Å². The minimum Gasteiger partial charge on any atom is -0.370 e. The summed E-state index contributed by atoms with van der Waals surface area (Å²) >= 11 is 0. The molecule has 0 radical (unpaired) electrons. The lowest BCUT2D eigenvalue weighted by Gasteiger charge is -2.26. The van der Waals surface area contributed by atoms with Crippen LogP contribution in [0, 0.1) is 5.41 Å². The largest absolute Gasteiger partial charge is 0.370 e.